The second-order valence-corrected chi connectivity index (χ2v) is 7.75. The number of hydrogen-bond donors (Lipinski definition) is 0. The summed E-state index contributed by atoms with van der Waals surface area (Å²) in [5.41, 5.74) is 2.17. The van der Waals surface area contributed by atoms with Gasteiger partial charge >= 0.3 is 0 Å². The van der Waals surface area contributed by atoms with Crippen molar-refractivity contribution in [3.63, 3.8) is 0 Å². The zero-order valence-corrected chi connectivity index (χ0v) is 16.0. The molecule has 1 fully saturated rings. The molecule has 0 N–H and O–H groups in total. The molecule has 0 saturated heterocycles. The van der Waals surface area contributed by atoms with Crippen molar-refractivity contribution >= 4 is 11.8 Å². The second-order valence-electron chi connectivity index (χ2n) is 7.75. The van der Waals surface area contributed by atoms with E-state index in [4.69, 9.17) is 4.74 Å². The molecule has 1 aliphatic heterocycles. The van der Waals surface area contributed by atoms with Gasteiger partial charge in [-0.05, 0) is 36.8 Å². The summed E-state index contributed by atoms with van der Waals surface area (Å²) in [5.74, 6) is 1.81. The Morgan fingerprint density at radius 3 is 2.73 bits per heavy atom. The Kier molecular flexibility index (Phi) is 6.17. The molecule has 142 valence electrons. The van der Waals surface area contributed by atoms with Gasteiger partial charge in [-0.2, -0.15) is 0 Å². The zero-order valence-electron chi connectivity index (χ0n) is 16.0. The van der Waals surface area contributed by atoms with Crippen LogP contribution >= 0.6 is 0 Å². The van der Waals surface area contributed by atoms with Gasteiger partial charge < -0.3 is 14.5 Å². The van der Waals surface area contributed by atoms with E-state index in [0.29, 0.717) is 44.9 Å². The summed E-state index contributed by atoms with van der Waals surface area (Å²) in [6.45, 7) is 1.80. The van der Waals surface area contributed by atoms with E-state index in [1.807, 2.05) is 17.0 Å². The molecule has 0 radical (unpaired) electrons. The first-order chi connectivity index (χ1) is 12.5. The third kappa shape index (κ3) is 4.77. The van der Waals surface area contributed by atoms with Crippen molar-refractivity contribution in [2.75, 3.05) is 27.2 Å². The van der Waals surface area contributed by atoms with Gasteiger partial charge in [-0.1, -0.05) is 25.0 Å². The average Bonchev–Trinajstić information content (AvgIpc) is 3.03. The predicted molar refractivity (Wildman–Crippen MR) is 101 cm³/mol. The molecule has 1 aromatic rings. The van der Waals surface area contributed by atoms with E-state index in [9.17, 15) is 9.59 Å². The third-order valence-electron chi connectivity index (χ3n) is 5.52. The normalized spacial score (nSPS) is 17.4. The number of rotatable bonds is 5. The van der Waals surface area contributed by atoms with Crippen molar-refractivity contribution in [3.05, 3.63) is 29.3 Å². The molecule has 0 bridgehead atoms. The Hall–Kier alpha value is -2.04. The lowest BCUT2D eigenvalue weighted by atomic mass is 10.0. The minimum Gasteiger partial charge on any atom is -0.491 e. The average molecular weight is 358 g/mol. The highest BCUT2D eigenvalue weighted by molar-refractivity contribution is 5.77. The molecule has 1 aromatic carbocycles. The van der Waals surface area contributed by atoms with Gasteiger partial charge in [0.2, 0.25) is 11.8 Å². The van der Waals surface area contributed by atoms with Gasteiger partial charge in [-0.3, -0.25) is 9.59 Å². The Labute approximate surface area is 156 Å². The lowest BCUT2D eigenvalue weighted by Crippen LogP contribution is -2.33. The van der Waals surface area contributed by atoms with Crippen LogP contribution in [0.25, 0.3) is 0 Å². The Morgan fingerprint density at radius 1 is 1.23 bits per heavy atom. The fourth-order valence-electron chi connectivity index (χ4n) is 3.88. The molecule has 26 heavy (non-hydrogen) atoms. The summed E-state index contributed by atoms with van der Waals surface area (Å²) >= 11 is 0. The van der Waals surface area contributed by atoms with Crippen LogP contribution in [-0.2, 0) is 22.6 Å². The molecule has 2 aliphatic rings. The molecule has 0 spiro atoms. The van der Waals surface area contributed by atoms with Gasteiger partial charge in [-0.25, -0.2) is 0 Å². The highest BCUT2D eigenvalue weighted by Crippen LogP contribution is 2.30. The van der Waals surface area contributed by atoms with Gasteiger partial charge in [0.15, 0.2) is 0 Å². The summed E-state index contributed by atoms with van der Waals surface area (Å²) in [5, 5.41) is 0. The Bertz CT molecular complexity index is 651. The number of benzene rings is 1. The van der Waals surface area contributed by atoms with E-state index < -0.39 is 0 Å². The van der Waals surface area contributed by atoms with Crippen molar-refractivity contribution in [1.29, 1.82) is 0 Å². The van der Waals surface area contributed by atoms with Crippen molar-refractivity contribution in [2.45, 2.75) is 51.5 Å². The summed E-state index contributed by atoms with van der Waals surface area (Å²) in [4.78, 5) is 28.1. The van der Waals surface area contributed by atoms with Crippen LogP contribution in [0.5, 0.6) is 5.75 Å². The Morgan fingerprint density at radius 2 is 2.00 bits per heavy atom. The third-order valence-corrected chi connectivity index (χ3v) is 5.52. The monoisotopic (exact) mass is 358 g/mol. The van der Waals surface area contributed by atoms with Crippen LogP contribution in [0.2, 0.25) is 0 Å². The quantitative estimate of drug-likeness (QED) is 0.813. The molecule has 2 amide bonds. The standard InChI is InChI=1S/C21H30N2O3/c1-22(2)20(24)10-8-17-7-9-19-18(13-17)15-23(11-12-26-19)21(25)14-16-5-3-4-6-16/h7,9,13,16H,3-6,8,10-12,14-15H2,1-2H3. The Balaban J connectivity index is 1.64. The van der Waals surface area contributed by atoms with Crippen molar-refractivity contribution < 1.29 is 14.3 Å². The molecular weight excluding hydrogens is 328 g/mol. The molecule has 1 heterocycles. The second kappa shape index (κ2) is 8.56. The van der Waals surface area contributed by atoms with Crippen LogP contribution in [-0.4, -0.2) is 48.9 Å². The predicted octanol–water partition coefficient (Wildman–Crippen LogP) is 3.01. The van der Waals surface area contributed by atoms with Crippen molar-refractivity contribution in [2.24, 2.45) is 5.92 Å². The number of carbonyl (C=O) groups is 2. The molecule has 5 nitrogen and oxygen atoms in total. The smallest absolute Gasteiger partial charge is 0.223 e. The lowest BCUT2D eigenvalue weighted by Gasteiger charge is -2.22. The minimum absolute atomic E-state index is 0.129. The number of ether oxygens (including phenoxy) is 1. The zero-order chi connectivity index (χ0) is 18.5. The fraction of sp³-hybridized carbons (Fsp3) is 0.619. The van der Waals surface area contributed by atoms with Crippen LogP contribution in [0.1, 0.15) is 49.7 Å². The van der Waals surface area contributed by atoms with E-state index >= 15 is 0 Å². The molecular formula is C21H30N2O3. The van der Waals surface area contributed by atoms with Gasteiger partial charge in [0.1, 0.15) is 12.4 Å². The molecule has 0 atom stereocenters. The van der Waals surface area contributed by atoms with Crippen LogP contribution in [0, 0.1) is 5.92 Å². The summed E-state index contributed by atoms with van der Waals surface area (Å²) < 4.78 is 5.85. The van der Waals surface area contributed by atoms with Gasteiger partial charge in [0.25, 0.3) is 0 Å². The first-order valence-corrected chi connectivity index (χ1v) is 9.75. The summed E-state index contributed by atoms with van der Waals surface area (Å²) in [7, 11) is 3.56. The molecule has 0 aromatic heterocycles. The first kappa shape index (κ1) is 18.7. The van der Waals surface area contributed by atoms with E-state index in [1.54, 1.807) is 19.0 Å². The highest BCUT2D eigenvalue weighted by atomic mass is 16.5. The van der Waals surface area contributed by atoms with Crippen molar-refractivity contribution in [1.82, 2.24) is 9.80 Å². The van der Waals surface area contributed by atoms with Crippen molar-refractivity contribution in [3.8, 4) is 5.75 Å². The van der Waals surface area contributed by atoms with E-state index in [2.05, 4.69) is 6.07 Å². The maximum absolute atomic E-state index is 12.7. The molecule has 1 aliphatic carbocycles. The van der Waals surface area contributed by atoms with E-state index in [1.165, 1.54) is 25.7 Å². The molecule has 1 saturated carbocycles. The number of fused-ring (bicyclic) bond motifs is 1. The number of aryl methyl sites for hydroxylation is 1. The number of amides is 2. The largest absolute Gasteiger partial charge is 0.491 e. The van der Waals surface area contributed by atoms with E-state index in [0.717, 1.165) is 16.9 Å². The molecule has 3 rings (SSSR count). The minimum atomic E-state index is 0.129. The molecule has 0 unspecified atom stereocenters. The maximum Gasteiger partial charge on any atom is 0.223 e. The van der Waals surface area contributed by atoms with Gasteiger partial charge in [0.05, 0.1) is 6.54 Å². The van der Waals surface area contributed by atoms with Crippen LogP contribution in [0.4, 0.5) is 0 Å². The number of carbonyl (C=O) groups excluding carboxylic acids is 2. The SMILES string of the molecule is CN(C)C(=O)CCc1ccc2c(c1)CN(C(=O)CC1CCCC1)CCO2. The summed E-state index contributed by atoms with van der Waals surface area (Å²) in [6.07, 6.45) is 6.79. The number of hydrogen-bond acceptors (Lipinski definition) is 3. The molecule has 5 heteroatoms. The summed E-state index contributed by atoms with van der Waals surface area (Å²) in [6, 6.07) is 6.10. The topological polar surface area (TPSA) is 49.9 Å². The first-order valence-electron chi connectivity index (χ1n) is 9.75. The maximum atomic E-state index is 12.7. The van der Waals surface area contributed by atoms with Gasteiger partial charge in [-0.15, -0.1) is 0 Å². The van der Waals surface area contributed by atoms with E-state index in [-0.39, 0.29) is 11.8 Å². The van der Waals surface area contributed by atoms with Crippen LogP contribution in [0.3, 0.4) is 0 Å². The number of nitrogens with zero attached hydrogens (tertiary/aromatic N) is 2. The van der Waals surface area contributed by atoms with Gasteiger partial charge in [0, 0.05) is 39.0 Å². The van der Waals surface area contributed by atoms with Crippen LogP contribution in [0.15, 0.2) is 18.2 Å². The van der Waals surface area contributed by atoms with Crippen LogP contribution < -0.4 is 4.74 Å². The fourth-order valence-corrected chi connectivity index (χ4v) is 3.88. The highest BCUT2D eigenvalue weighted by Gasteiger charge is 2.24. The lowest BCUT2D eigenvalue weighted by molar-refractivity contribution is -0.133.